The monoisotopic (exact) mass is 309 g/mol. The lowest BCUT2D eigenvalue weighted by molar-refractivity contribution is -0.120. The van der Waals surface area contributed by atoms with E-state index in [0.717, 1.165) is 18.4 Å². The van der Waals surface area contributed by atoms with E-state index in [-0.39, 0.29) is 23.5 Å². The number of nitrogens with one attached hydrogen (secondary N) is 2. The predicted molar refractivity (Wildman–Crippen MR) is 81.3 cm³/mol. The van der Waals surface area contributed by atoms with Crippen molar-refractivity contribution in [2.75, 3.05) is 6.54 Å². The number of hydrogen-bond donors (Lipinski definition) is 3. The smallest absolute Gasteiger partial charge is 0.370 e. The molecule has 0 spiro atoms. The fourth-order valence-electron chi connectivity index (χ4n) is 1.55. The molecule has 1 heterocycles. The van der Waals surface area contributed by atoms with Gasteiger partial charge in [-0.1, -0.05) is 13.8 Å². The summed E-state index contributed by atoms with van der Waals surface area (Å²) in [5.74, 6) is -0.413. The van der Waals surface area contributed by atoms with Gasteiger partial charge in [0.05, 0.1) is 18.1 Å². The van der Waals surface area contributed by atoms with Crippen molar-refractivity contribution in [3.63, 3.8) is 0 Å². The van der Waals surface area contributed by atoms with E-state index in [1.807, 2.05) is 13.8 Å². The van der Waals surface area contributed by atoms with Crippen molar-refractivity contribution < 1.29 is 14.6 Å². The molecular weight excluding hydrogens is 291 g/mol. The minimum absolute atomic E-state index is 0.155. The third-order valence-electron chi connectivity index (χ3n) is 2.44. The van der Waals surface area contributed by atoms with Crippen LogP contribution in [0.2, 0.25) is 0 Å². The van der Waals surface area contributed by atoms with E-state index in [1.165, 1.54) is 18.6 Å². The van der Waals surface area contributed by atoms with Crippen LogP contribution < -0.4 is 10.6 Å². The number of carbonyl (C=O) groups excluding carboxylic acids is 2. The van der Waals surface area contributed by atoms with Crippen LogP contribution in [0.5, 0.6) is 0 Å². The Balaban J connectivity index is 2.40. The summed E-state index contributed by atoms with van der Waals surface area (Å²) in [6, 6.07) is 0. The number of rotatable bonds is 8. The molecule has 0 bridgehead atoms. The molecule has 1 atom stereocenters. The Labute approximate surface area is 128 Å². The van der Waals surface area contributed by atoms with Gasteiger partial charge in [0, 0.05) is 12.4 Å². The molecule has 0 aromatic carbocycles. The van der Waals surface area contributed by atoms with E-state index < -0.39 is 5.91 Å². The van der Waals surface area contributed by atoms with Crippen LogP contribution in [0.3, 0.4) is 0 Å². The third-order valence-corrected chi connectivity index (χ3v) is 3.20. The van der Waals surface area contributed by atoms with Crippen LogP contribution in [-0.2, 0) is 4.79 Å². The lowest BCUT2D eigenvalue weighted by Crippen LogP contribution is -2.41. The average Bonchev–Trinajstić information content (AvgIpc) is 2.45. The Morgan fingerprint density at radius 1 is 1.43 bits per heavy atom. The number of aromatic nitrogens is 2. The Kier molecular flexibility index (Phi) is 7.77. The standard InChI is InChI=1S/C12H18BN4O3S/c1-8(2)5-11(21-13-20)17-10(18)7-16-12(19)9-6-14-3-4-15-9/h3-4,6,8,11,20H,5,7H2,1-2H3,(H,16,19)(H,17,18). The number of amides is 2. The molecule has 21 heavy (non-hydrogen) atoms. The first-order chi connectivity index (χ1) is 10.0. The molecule has 3 N–H and O–H groups in total. The Morgan fingerprint density at radius 2 is 2.19 bits per heavy atom. The van der Waals surface area contributed by atoms with Gasteiger partial charge in [0.1, 0.15) is 5.69 Å². The lowest BCUT2D eigenvalue weighted by Gasteiger charge is -2.19. The molecule has 0 fully saturated rings. The molecule has 1 rings (SSSR count). The Bertz CT molecular complexity index is 461. The van der Waals surface area contributed by atoms with Gasteiger partial charge in [0.2, 0.25) is 5.91 Å². The van der Waals surface area contributed by atoms with Crippen molar-refractivity contribution in [3.05, 3.63) is 24.3 Å². The van der Waals surface area contributed by atoms with Gasteiger partial charge in [-0.15, -0.1) is 0 Å². The Morgan fingerprint density at radius 3 is 2.76 bits per heavy atom. The van der Waals surface area contributed by atoms with Gasteiger partial charge >= 0.3 is 6.76 Å². The van der Waals surface area contributed by atoms with Gasteiger partial charge < -0.3 is 15.7 Å². The Hall–Kier alpha value is -1.61. The fraction of sp³-hybridized carbons (Fsp3) is 0.500. The minimum atomic E-state index is -0.458. The zero-order valence-corrected chi connectivity index (χ0v) is 12.8. The first-order valence-corrected chi connectivity index (χ1v) is 7.42. The average molecular weight is 309 g/mol. The summed E-state index contributed by atoms with van der Waals surface area (Å²) in [6.45, 7) is 4.83. The minimum Gasteiger partial charge on any atom is -0.444 e. The summed E-state index contributed by atoms with van der Waals surface area (Å²) in [5.41, 5.74) is 0.155. The SMILES string of the molecule is CC(C)CC(NC(=O)CNC(=O)c1cnccn1)S[B]O. The fourth-order valence-corrected chi connectivity index (χ4v) is 2.39. The molecule has 1 unspecified atom stereocenters. The van der Waals surface area contributed by atoms with Gasteiger partial charge in [-0.05, 0) is 12.3 Å². The van der Waals surface area contributed by atoms with Crippen LogP contribution in [0.25, 0.3) is 0 Å². The molecule has 7 nitrogen and oxygen atoms in total. The highest BCUT2D eigenvalue weighted by atomic mass is 32.2. The maximum Gasteiger partial charge on any atom is 0.370 e. The molecule has 0 saturated carbocycles. The largest absolute Gasteiger partial charge is 0.444 e. The van der Waals surface area contributed by atoms with E-state index in [4.69, 9.17) is 5.02 Å². The van der Waals surface area contributed by atoms with E-state index in [9.17, 15) is 9.59 Å². The maximum atomic E-state index is 11.8. The van der Waals surface area contributed by atoms with Crippen LogP contribution in [0.1, 0.15) is 30.8 Å². The molecule has 0 aliphatic carbocycles. The highest BCUT2D eigenvalue weighted by Gasteiger charge is 2.15. The zero-order valence-electron chi connectivity index (χ0n) is 11.9. The number of carbonyl (C=O) groups is 2. The van der Waals surface area contributed by atoms with Gasteiger partial charge in [-0.3, -0.25) is 14.6 Å². The van der Waals surface area contributed by atoms with Gasteiger partial charge in [0.15, 0.2) is 0 Å². The summed E-state index contributed by atoms with van der Waals surface area (Å²) in [5, 5.41) is 13.8. The van der Waals surface area contributed by atoms with E-state index in [2.05, 4.69) is 20.6 Å². The van der Waals surface area contributed by atoms with Crippen LogP contribution in [-0.4, -0.2) is 45.5 Å². The summed E-state index contributed by atoms with van der Waals surface area (Å²) in [4.78, 5) is 31.1. The zero-order chi connectivity index (χ0) is 15.7. The van der Waals surface area contributed by atoms with Gasteiger partial charge in [-0.25, -0.2) is 4.98 Å². The molecule has 2 amide bonds. The molecule has 1 aromatic heterocycles. The first-order valence-electron chi connectivity index (χ1n) is 6.48. The van der Waals surface area contributed by atoms with Crippen molar-refractivity contribution >= 4 is 30.2 Å². The third kappa shape index (κ3) is 7.10. The quantitative estimate of drug-likeness (QED) is 0.459. The summed E-state index contributed by atoms with van der Waals surface area (Å²) in [6.07, 6.45) is 4.90. The van der Waals surface area contributed by atoms with E-state index in [0.29, 0.717) is 12.3 Å². The molecule has 9 heteroatoms. The second-order valence-electron chi connectivity index (χ2n) is 4.70. The normalized spacial score (nSPS) is 11.8. The maximum absolute atomic E-state index is 11.8. The first kappa shape index (κ1) is 17.4. The van der Waals surface area contributed by atoms with Crippen molar-refractivity contribution in [1.82, 2.24) is 20.6 Å². The van der Waals surface area contributed by atoms with Crippen molar-refractivity contribution in [1.29, 1.82) is 0 Å². The van der Waals surface area contributed by atoms with Crippen LogP contribution in [0, 0.1) is 5.92 Å². The summed E-state index contributed by atoms with van der Waals surface area (Å²) < 4.78 is 0. The number of hydrogen-bond acceptors (Lipinski definition) is 6. The molecule has 113 valence electrons. The van der Waals surface area contributed by atoms with Crippen molar-refractivity contribution in [3.8, 4) is 0 Å². The highest BCUT2D eigenvalue weighted by molar-refractivity contribution is 8.22. The van der Waals surface area contributed by atoms with Crippen LogP contribution in [0.4, 0.5) is 0 Å². The van der Waals surface area contributed by atoms with E-state index in [1.54, 1.807) is 0 Å². The van der Waals surface area contributed by atoms with Crippen molar-refractivity contribution in [2.45, 2.75) is 25.6 Å². The summed E-state index contributed by atoms with van der Waals surface area (Å²) in [7, 11) is 0. The van der Waals surface area contributed by atoms with Gasteiger partial charge in [-0.2, -0.15) is 11.6 Å². The molecule has 0 aliphatic heterocycles. The number of nitrogens with zero attached hydrogens (tertiary/aromatic N) is 2. The molecule has 1 aromatic rings. The van der Waals surface area contributed by atoms with E-state index >= 15 is 0 Å². The second kappa shape index (κ2) is 9.35. The van der Waals surface area contributed by atoms with Gasteiger partial charge in [0.25, 0.3) is 5.91 Å². The topological polar surface area (TPSA) is 104 Å². The van der Waals surface area contributed by atoms with Crippen molar-refractivity contribution in [2.24, 2.45) is 5.92 Å². The van der Waals surface area contributed by atoms with Crippen LogP contribution >= 0.6 is 11.6 Å². The van der Waals surface area contributed by atoms with Crippen LogP contribution in [0.15, 0.2) is 18.6 Å². The molecular formula is C12H18BN4O3S. The predicted octanol–water partition coefficient (Wildman–Crippen LogP) is -0.0455. The lowest BCUT2D eigenvalue weighted by atomic mass is 10.1. The molecule has 0 aliphatic rings. The summed E-state index contributed by atoms with van der Waals surface area (Å²) >= 11 is 1.13. The highest BCUT2D eigenvalue weighted by Crippen LogP contribution is 2.14. The molecule has 1 radical (unpaired) electrons. The second-order valence-corrected chi connectivity index (χ2v) is 5.75. The molecule has 0 saturated heterocycles.